The lowest BCUT2D eigenvalue weighted by Gasteiger charge is -2.16. The molecule has 2 heteroatoms. The van der Waals surface area contributed by atoms with Crippen LogP contribution in [0.25, 0.3) is 76.1 Å². The molecule has 0 fully saturated rings. The summed E-state index contributed by atoms with van der Waals surface area (Å²) >= 11 is 0. The molecule has 0 aromatic heterocycles. The average Bonchev–Trinajstić information content (AvgIpc) is 3.06. The first-order valence-electron chi connectivity index (χ1n) is 14.0. The molecule has 0 bridgehead atoms. The van der Waals surface area contributed by atoms with Crippen LogP contribution in [0.1, 0.15) is 11.1 Å². The normalized spacial score (nSPS) is 11.3. The van der Waals surface area contributed by atoms with Gasteiger partial charge in [0.25, 0.3) is 0 Å². The first kappa shape index (κ1) is 23.9. The lowest BCUT2D eigenvalue weighted by atomic mass is 9.87. The van der Waals surface area contributed by atoms with Gasteiger partial charge in [0.05, 0.1) is 23.3 Å². The molecule has 0 atom stereocenters. The van der Waals surface area contributed by atoms with Crippen LogP contribution in [0.5, 0.6) is 0 Å². The smallest absolute Gasteiger partial charge is 0.0991 e. The van der Waals surface area contributed by atoms with Crippen LogP contribution >= 0.6 is 0 Å². The minimum atomic E-state index is 0.673. The van der Waals surface area contributed by atoms with E-state index in [1.165, 1.54) is 43.4 Å². The maximum atomic E-state index is 9.33. The van der Waals surface area contributed by atoms with E-state index in [0.717, 1.165) is 32.7 Å². The summed E-state index contributed by atoms with van der Waals surface area (Å²) in [5, 5.41) is 30.3. The van der Waals surface area contributed by atoms with Crippen molar-refractivity contribution in [1.29, 1.82) is 10.5 Å². The largest absolute Gasteiger partial charge is 0.192 e. The van der Waals surface area contributed by atoms with E-state index in [0.29, 0.717) is 11.1 Å². The molecule has 0 aliphatic rings. The molecule has 0 unspecified atom stereocenters. The van der Waals surface area contributed by atoms with Crippen molar-refractivity contribution in [3.05, 3.63) is 145 Å². The number of fused-ring (bicyclic) bond motifs is 7. The van der Waals surface area contributed by atoms with E-state index in [1.54, 1.807) is 0 Å². The summed E-state index contributed by atoms with van der Waals surface area (Å²) < 4.78 is 0. The van der Waals surface area contributed by atoms with E-state index in [9.17, 15) is 10.5 Å². The maximum Gasteiger partial charge on any atom is 0.0991 e. The Labute approximate surface area is 242 Å². The molecule has 0 aliphatic heterocycles. The highest BCUT2D eigenvalue weighted by Gasteiger charge is 2.15. The fraction of sp³-hybridized carbons (Fsp3) is 0. The maximum absolute atomic E-state index is 9.33. The van der Waals surface area contributed by atoms with Crippen molar-refractivity contribution in [3.8, 4) is 34.4 Å². The average molecular weight is 531 g/mol. The second-order valence-corrected chi connectivity index (χ2v) is 10.8. The zero-order chi connectivity index (χ0) is 28.2. The Bertz CT molecular complexity index is 2310. The minimum absolute atomic E-state index is 0.673. The van der Waals surface area contributed by atoms with Crippen molar-refractivity contribution in [2.45, 2.75) is 0 Å². The monoisotopic (exact) mass is 530 g/mol. The molecule has 192 valence electrons. The highest BCUT2D eigenvalue weighted by molar-refractivity contribution is 6.24. The molecule has 8 rings (SSSR count). The van der Waals surface area contributed by atoms with Crippen LogP contribution < -0.4 is 0 Å². The molecule has 42 heavy (non-hydrogen) atoms. The van der Waals surface area contributed by atoms with Gasteiger partial charge in [-0.2, -0.15) is 10.5 Å². The molecule has 0 saturated carbocycles. The van der Waals surface area contributed by atoms with Crippen molar-refractivity contribution < 1.29 is 0 Å². The minimum Gasteiger partial charge on any atom is -0.192 e. The molecule has 0 heterocycles. The van der Waals surface area contributed by atoms with Gasteiger partial charge in [-0.1, -0.05) is 84.9 Å². The Kier molecular flexibility index (Phi) is 5.29. The molecule has 0 spiro atoms. The van der Waals surface area contributed by atoms with Gasteiger partial charge in [0.15, 0.2) is 0 Å². The van der Waals surface area contributed by atoms with Crippen molar-refractivity contribution in [3.63, 3.8) is 0 Å². The van der Waals surface area contributed by atoms with Crippen LogP contribution in [-0.2, 0) is 0 Å². The highest BCUT2D eigenvalue weighted by atomic mass is 14.2. The third-order valence-corrected chi connectivity index (χ3v) is 8.44. The van der Waals surface area contributed by atoms with Crippen LogP contribution in [0.15, 0.2) is 133 Å². The zero-order valence-corrected chi connectivity index (χ0v) is 22.6. The summed E-state index contributed by atoms with van der Waals surface area (Å²) in [6, 6.07) is 51.3. The van der Waals surface area contributed by atoms with Gasteiger partial charge in [-0.05, 0) is 125 Å². The number of hydrogen-bond donors (Lipinski definition) is 0. The third-order valence-electron chi connectivity index (χ3n) is 8.44. The molecule has 8 aromatic rings. The topological polar surface area (TPSA) is 47.6 Å². The molecule has 8 aromatic carbocycles. The standard InChI is InChI=1S/C40H22N2/c41-23-25-9-11-29-19-31(15-13-27(29)17-25)37-21-40-36-8-4-2-6-34(36)38(22-39(40)35-7-3-1-5-33(35)37)32-16-14-28-18-26(24-42)10-12-30(28)20-32/h1-22H. The van der Waals surface area contributed by atoms with E-state index in [1.807, 2.05) is 36.4 Å². The molecule has 0 saturated heterocycles. The molecule has 2 nitrogen and oxygen atoms in total. The van der Waals surface area contributed by atoms with E-state index >= 15 is 0 Å². The Morgan fingerprint density at radius 3 is 1.14 bits per heavy atom. The fourth-order valence-electron chi connectivity index (χ4n) is 6.39. The number of rotatable bonds is 2. The second kappa shape index (κ2) is 9.31. The van der Waals surface area contributed by atoms with Gasteiger partial charge in [-0.3, -0.25) is 0 Å². The predicted molar refractivity (Wildman–Crippen MR) is 174 cm³/mol. The zero-order valence-electron chi connectivity index (χ0n) is 22.6. The van der Waals surface area contributed by atoms with Gasteiger partial charge >= 0.3 is 0 Å². The quantitative estimate of drug-likeness (QED) is 0.209. The SMILES string of the molecule is N#Cc1ccc2cc(-c3cc4c5ccccc5c(-c5ccc6cc(C#N)ccc6c5)cc4c4ccccc34)ccc2c1. The molecular formula is C40H22N2. The first-order valence-corrected chi connectivity index (χ1v) is 14.0. The van der Waals surface area contributed by atoms with Gasteiger partial charge in [0, 0.05) is 0 Å². The van der Waals surface area contributed by atoms with Crippen LogP contribution in [0.4, 0.5) is 0 Å². The summed E-state index contributed by atoms with van der Waals surface area (Å²) in [7, 11) is 0. The van der Waals surface area contributed by atoms with Crippen molar-refractivity contribution >= 4 is 53.9 Å². The summed E-state index contributed by atoms with van der Waals surface area (Å²) in [4.78, 5) is 0. The van der Waals surface area contributed by atoms with Gasteiger partial charge < -0.3 is 0 Å². The van der Waals surface area contributed by atoms with Crippen molar-refractivity contribution in [1.82, 2.24) is 0 Å². The Balaban J connectivity index is 1.41. The molecule has 0 aliphatic carbocycles. The van der Waals surface area contributed by atoms with E-state index < -0.39 is 0 Å². The van der Waals surface area contributed by atoms with Crippen LogP contribution in [0.3, 0.4) is 0 Å². The summed E-state index contributed by atoms with van der Waals surface area (Å²) in [5.74, 6) is 0. The predicted octanol–water partition coefficient (Wildman–Crippen LogP) is 10.5. The van der Waals surface area contributed by atoms with Crippen LogP contribution in [0.2, 0.25) is 0 Å². The Morgan fingerprint density at radius 2 is 0.714 bits per heavy atom. The van der Waals surface area contributed by atoms with Gasteiger partial charge in [-0.15, -0.1) is 0 Å². The number of nitriles is 2. The lowest BCUT2D eigenvalue weighted by Crippen LogP contribution is -1.89. The van der Waals surface area contributed by atoms with E-state index in [-0.39, 0.29) is 0 Å². The second-order valence-electron chi connectivity index (χ2n) is 10.8. The highest BCUT2D eigenvalue weighted by Crippen LogP contribution is 2.42. The van der Waals surface area contributed by atoms with Crippen LogP contribution in [0, 0.1) is 22.7 Å². The summed E-state index contributed by atoms with van der Waals surface area (Å²) in [6.07, 6.45) is 0. The number of benzene rings is 8. The molecular weight excluding hydrogens is 508 g/mol. The number of hydrogen-bond acceptors (Lipinski definition) is 2. The van der Waals surface area contributed by atoms with Crippen molar-refractivity contribution in [2.75, 3.05) is 0 Å². The third kappa shape index (κ3) is 3.71. The van der Waals surface area contributed by atoms with E-state index in [2.05, 4.69) is 109 Å². The summed E-state index contributed by atoms with van der Waals surface area (Å²) in [6.45, 7) is 0. The van der Waals surface area contributed by atoms with Crippen LogP contribution in [-0.4, -0.2) is 0 Å². The molecule has 0 radical (unpaired) electrons. The van der Waals surface area contributed by atoms with Gasteiger partial charge in [0.2, 0.25) is 0 Å². The van der Waals surface area contributed by atoms with Gasteiger partial charge in [0.1, 0.15) is 0 Å². The lowest BCUT2D eigenvalue weighted by molar-refractivity contribution is 1.50. The Hall–Kier alpha value is -5.96. The fourth-order valence-corrected chi connectivity index (χ4v) is 6.39. The summed E-state index contributed by atoms with van der Waals surface area (Å²) in [5.41, 5.74) is 6.05. The first-order chi connectivity index (χ1) is 20.7. The van der Waals surface area contributed by atoms with E-state index in [4.69, 9.17) is 0 Å². The molecule has 0 amide bonds. The number of nitrogens with zero attached hydrogens (tertiary/aromatic N) is 2. The van der Waals surface area contributed by atoms with Gasteiger partial charge in [-0.25, -0.2) is 0 Å². The molecule has 0 N–H and O–H groups in total. The van der Waals surface area contributed by atoms with Crippen molar-refractivity contribution in [2.24, 2.45) is 0 Å². The Morgan fingerprint density at radius 1 is 0.333 bits per heavy atom.